The number of ether oxygens (including phenoxy) is 4. The molecule has 0 fully saturated rings. The van der Waals surface area contributed by atoms with Crippen molar-refractivity contribution in [2.75, 3.05) is 27.9 Å². The molecule has 0 radical (unpaired) electrons. The fourth-order valence-electron chi connectivity index (χ4n) is 5.50. The van der Waals surface area contributed by atoms with Crippen molar-refractivity contribution in [3.8, 4) is 34.3 Å². The van der Waals surface area contributed by atoms with Gasteiger partial charge in [-0.3, -0.25) is 4.79 Å². The van der Waals surface area contributed by atoms with E-state index in [1.54, 1.807) is 26.4 Å². The van der Waals surface area contributed by atoms with Crippen LogP contribution in [0.2, 0.25) is 18.1 Å². The summed E-state index contributed by atoms with van der Waals surface area (Å²) in [5.41, 5.74) is 3.08. The summed E-state index contributed by atoms with van der Waals surface area (Å²) in [4.78, 5) is 26.9. The first-order valence-corrected chi connectivity index (χ1v) is 17.8. The second-order valence-electron chi connectivity index (χ2n) is 12.9. The van der Waals surface area contributed by atoms with Crippen LogP contribution in [-0.2, 0) is 35.8 Å². The van der Waals surface area contributed by atoms with E-state index < -0.39 is 31.2 Å². The van der Waals surface area contributed by atoms with Crippen LogP contribution in [-0.4, -0.2) is 56.5 Å². The normalized spacial score (nSPS) is 13.1. The summed E-state index contributed by atoms with van der Waals surface area (Å²) in [5.74, 6) is 0.372. The molecule has 3 heterocycles. The quantitative estimate of drug-likeness (QED) is 0.185. The van der Waals surface area contributed by atoms with E-state index in [9.17, 15) is 14.7 Å². The van der Waals surface area contributed by atoms with Gasteiger partial charge in [0.25, 0.3) is 5.56 Å². The number of aromatic hydroxyl groups is 1. The molecule has 0 amide bonds. The van der Waals surface area contributed by atoms with Crippen molar-refractivity contribution in [1.82, 2.24) is 9.13 Å². The van der Waals surface area contributed by atoms with Gasteiger partial charge in [-0.2, -0.15) is 0 Å². The molecule has 0 saturated heterocycles. The van der Waals surface area contributed by atoms with E-state index in [4.69, 9.17) is 23.4 Å². The van der Waals surface area contributed by atoms with E-state index in [0.717, 1.165) is 16.6 Å². The minimum Gasteiger partial charge on any atom is -0.506 e. The van der Waals surface area contributed by atoms with E-state index in [1.807, 2.05) is 25.2 Å². The number of hydrogen-bond donors (Lipinski definition) is 1. The average molecular weight is 635 g/mol. The average Bonchev–Trinajstić information content (AvgIpc) is 3.18. The number of aryl methyl sites for hydroxylation is 1. The number of methoxy groups -OCH3 is 3. The highest BCUT2D eigenvalue weighted by molar-refractivity contribution is 6.74. The summed E-state index contributed by atoms with van der Waals surface area (Å²) in [7, 11) is 4.30. The molecule has 0 atom stereocenters. The summed E-state index contributed by atoms with van der Waals surface area (Å²) in [6.45, 7) is 11.9. The largest absolute Gasteiger partial charge is 0.506 e. The highest BCUT2D eigenvalue weighted by Crippen LogP contribution is 2.43. The Kier molecular flexibility index (Phi) is 8.54. The summed E-state index contributed by atoms with van der Waals surface area (Å²) in [5, 5.41) is 12.4. The fraction of sp³-hybridized carbons (Fsp3) is 0.412. The molecule has 2 aromatic heterocycles. The zero-order chi connectivity index (χ0) is 32.8. The van der Waals surface area contributed by atoms with Gasteiger partial charge in [0.15, 0.2) is 13.9 Å². The van der Waals surface area contributed by atoms with Crippen molar-refractivity contribution in [2.24, 2.45) is 7.05 Å². The van der Waals surface area contributed by atoms with Gasteiger partial charge >= 0.3 is 5.97 Å². The molecule has 11 heteroatoms. The smallest absolute Gasteiger partial charge is 0.347 e. The lowest BCUT2D eigenvalue weighted by molar-refractivity contribution is 0.0594. The van der Waals surface area contributed by atoms with E-state index in [1.165, 1.54) is 11.7 Å². The van der Waals surface area contributed by atoms with Crippen LogP contribution in [0.3, 0.4) is 0 Å². The SMILES string of the molecule is COC(=O)c1c(O)c2c(n(Cc3ccc(OC)cc3OC)c1=O)-c1cc3cc(CO[Si](C)(C)C(C)(C)C)n(C)c3cc1OCC2. The number of carbonyl (C=O) groups excluding carboxylic acids is 1. The van der Waals surface area contributed by atoms with Crippen LogP contribution >= 0.6 is 0 Å². The lowest BCUT2D eigenvalue weighted by atomic mass is 9.98. The number of aromatic nitrogens is 2. The van der Waals surface area contributed by atoms with Crippen LogP contribution < -0.4 is 19.8 Å². The number of esters is 1. The summed E-state index contributed by atoms with van der Waals surface area (Å²) in [6, 6.07) is 11.3. The Bertz CT molecular complexity index is 1850. The Morgan fingerprint density at radius 2 is 1.80 bits per heavy atom. The van der Waals surface area contributed by atoms with Crippen LogP contribution in [0, 0.1) is 0 Å². The van der Waals surface area contributed by atoms with Gasteiger partial charge < -0.3 is 37.6 Å². The van der Waals surface area contributed by atoms with Crippen molar-refractivity contribution >= 4 is 25.2 Å². The van der Waals surface area contributed by atoms with Crippen molar-refractivity contribution in [2.45, 2.75) is 58.5 Å². The van der Waals surface area contributed by atoms with E-state index in [2.05, 4.69) is 44.5 Å². The molecule has 0 saturated carbocycles. The Hall–Kier alpha value is -4.22. The van der Waals surface area contributed by atoms with Crippen molar-refractivity contribution in [1.29, 1.82) is 0 Å². The van der Waals surface area contributed by atoms with Crippen molar-refractivity contribution < 1.29 is 33.3 Å². The van der Waals surface area contributed by atoms with Gasteiger partial charge in [0.1, 0.15) is 23.0 Å². The lowest BCUT2D eigenvalue weighted by Gasteiger charge is -2.36. The van der Waals surface area contributed by atoms with Gasteiger partial charge in [-0.05, 0) is 42.4 Å². The number of carbonyl (C=O) groups is 1. The maximum atomic E-state index is 14.1. The number of fused-ring (bicyclic) bond motifs is 4. The zero-order valence-corrected chi connectivity index (χ0v) is 28.5. The molecule has 4 aromatic rings. The van der Waals surface area contributed by atoms with Gasteiger partial charge in [0.05, 0.1) is 52.3 Å². The maximum absolute atomic E-state index is 14.1. The molecule has 240 valence electrons. The minimum absolute atomic E-state index is 0.0521. The first-order valence-electron chi connectivity index (χ1n) is 14.9. The highest BCUT2D eigenvalue weighted by Gasteiger charge is 2.37. The third-order valence-electron chi connectivity index (χ3n) is 9.24. The summed E-state index contributed by atoms with van der Waals surface area (Å²) in [6.07, 6.45) is 0.266. The Labute approximate surface area is 264 Å². The third-order valence-corrected chi connectivity index (χ3v) is 13.7. The molecule has 0 bridgehead atoms. The lowest BCUT2D eigenvalue weighted by Crippen LogP contribution is -2.40. The Balaban J connectivity index is 1.72. The number of rotatable bonds is 8. The predicted molar refractivity (Wildman–Crippen MR) is 175 cm³/mol. The van der Waals surface area contributed by atoms with Crippen LogP contribution in [0.15, 0.2) is 41.2 Å². The summed E-state index contributed by atoms with van der Waals surface area (Å²) >= 11 is 0. The molecule has 0 spiro atoms. The van der Waals surface area contributed by atoms with Gasteiger partial charge in [-0.1, -0.05) is 20.8 Å². The van der Waals surface area contributed by atoms with Gasteiger partial charge in [-0.25, -0.2) is 4.79 Å². The standard InChI is InChI=1S/C34H42N2O8Si/c1-34(2,3)45(8,9)44-19-22-14-21-15-25-28(17-26(21)35(22)4)43-13-12-24-30(25)36(32(38)29(31(24)37)33(39)42-7)18-20-10-11-23(40-5)16-27(20)41-6/h10-11,14-17,37H,12-13,18-19H2,1-9H3. The van der Waals surface area contributed by atoms with Gasteiger partial charge in [-0.15, -0.1) is 0 Å². The van der Waals surface area contributed by atoms with Crippen molar-refractivity contribution in [3.63, 3.8) is 0 Å². The van der Waals surface area contributed by atoms with Crippen molar-refractivity contribution in [3.05, 3.63) is 69.1 Å². The summed E-state index contributed by atoms with van der Waals surface area (Å²) < 4.78 is 32.3. The molecule has 1 aliphatic rings. The fourth-order valence-corrected chi connectivity index (χ4v) is 6.44. The maximum Gasteiger partial charge on any atom is 0.347 e. The molecular formula is C34H42N2O8Si. The van der Waals surface area contributed by atoms with Crippen LogP contribution in [0.4, 0.5) is 0 Å². The number of pyridine rings is 1. The monoisotopic (exact) mass is 634 g/mol. The van der Waals surface area contributed by atoms with Crippen LogP contribution in [0.25, 0.3) is 22.2 Å². The first kappa shape index (κ1) is 32.2. The molecule has 45 heavy (non-hydrogen) atoms. The molecule has 0 aliphatic carbocycles. The Morgan fingerprint density at radius 1 is 1.07 bits per heavy atom. The molecular weight excluding hydrogens is 592 g/mol. The van der Waals surface area contributed by atoms with E-state index in [0.29, 0.717) is 46.2 Å². The number of benzene rings is 2. The minimum atomic E-state index is -1.99. The molecule has 5 rings (SSSR count). The van der Waals surface area contributed by atoms with E-state index >= 15 is 0 Å². The van der Waals surface area contributed by atoms with E-state index in [-0.39, 0.29) is 24.6 Å². The molecule has 2 aromatic carbocycles. The molecule has 0 unspecified atom stereocenters. The number of nitrogens with zero attached hydrogens (tertiary/aromatic N) is 2. The molecule has 1 N–H and O–H groups in total. The number of hydrogen-bond acceptors (Lipinski definition) is 8. The molecule has 1 aliphatic heterocycles. The van der Waals surface area contributed by atoms with Gasteiger partial charge in [0.2, 0.25) is 0 Å². The Morgan fingerprint density at radius 3 is 2.44 bits per heavy atom. The van der Waals surface area contributed by atoms with Crippen LogP contribution in [0.1, 0.15) is 48.0 Å². The predicted octanol–water partition coefficient (Wildman–Crippen LogP) is 6.02. The third kappa shape index (κ3) is 5.70. The van der Waals surface area contributed by atoms with Crippen LogP contribution in [0.5, 0.6) is 23.0 Å². The second-order valence-corrected chi connectivity index (χ2v) is 17.7. The van der Waals surface area contributed by atoms with Gasteiger partial charge in [0, 0.05) is 53.4 Å². The molecule has 10 nitrogen and oxygen atoms in total. The zero-order valence-electron chi connectivity index (χ0n) is 27.5. The topological polar surface area (TPSA) is 110 Å². The second kappa shape index (κ2) is 11.9. The first-order chi connectivity index (χ1) is 21.2. The highest BCUT2D eigenvalue weighted by atomic mass is 28.4.